The van der Waals surface area contributed by atoms with Crippen LogP contribution in [0.15, 0.2) is 59.5 Å². The fourth-order valence-electron chi connectivity index (χ4n) is 5.20. The van der Waals surface area contributed by atoms with Gasteiger partial charge < -0.3 is 28.3 Å². The molecule has 0 unspecified atom stereocenters. The Morgan fingerprint density at radius 1 is 1.05 bits per heavy atom. The number of rotatable bonds is 10. The van der Waals surface area contributed by atoms with Crippen molar-refractivity contribution in [3.05, 3.63) is 93.9 Å². The fourth-order valence-corrected chi connectivity index (χ4v) is 5.66. The monoisotopic (exact) mass is 637 g/mol. The molecular weight excluding hydrogens is 609 g/mol. The number of benzene rings is 2. The first-order valence-corrected chi connectivity index (χ1v) is 14.8. The van der Waals surface area contributed by atoms with Crippen LogP contribution in [0.4, 0.5) is 0 Å². The highest BCUT2D eigenvalue weighted by Gasteiger charge is 2.26. The van der Waals surface area contributed by atoms with Gasteiger partial charge >= 0.3 is 5.97 Å². The number of hydrogen-bond acceptors (Lipinski definition) is 8. The van der Waals surface area contributed by atoms with Gasteiger partial charge in [-0.25, -0.2) is 19.7 Å². The molecular formula is C30H29Cl2N7O5. The molecule has 0 radical (unpaired) electrons. The summed E-state index contributed by atoms with van der Waals surface area (Å²) in [4.78, 5) is 42.2. The highest BCUT2D eigenvalue weighted by Crippen LogP contribution is 2.28. The molecule has 5 aromatic rings. The van der Waals surface area contributed by atoms with E-state index in [0.29, 0.717) is 55.1 Å². The second-order valence-corrected chi connectivity index (χ2v) is 11.2. The number of carboxylic acids is 1. The zero-order valence-corrected chi connectivity index (χ0v) is 25.3. The first kappa shape index (κ1) is 29.7. The van der Waals surface area contributed by atoms with Crippen LogP contribution < -0.4 is 4.74 Å². The molecule has 0 saturated carbocycles. The van der Waals surface area contributed by atoms with E-state index in [9.17, 15) is 14.7 Å². The smallest absolute Gasteiger partial charge is 0.335 e. The molecule has 3 aromatic heterocycles. The van der Waals surface area contributed by atoms with Crippen LogP contribution in [-0.4, -0.2) is 77.0 Å². The minimum atomic E-state index is -0.988. The van der Waals surface area contributed by atoms with E-state index in [1.807, 2.05) is 13.1 Å². The minimum absolute atomic E-state index is 0.0103. The van der Waals surface area contributed by atoms with E-state index in [2.05, 4.69) is 24.0 Å². The van der Waals surface area contributed by atoms with Gasteiger partial charge in [0.25, 0.3) is 5.91 Å². The average molecular weight is 639 g/mol. The SMILES string of the molecule is CCn1cncc1Cn1c(CN2CCN(C(=O)c3cnc(COc4ccc(Cl)cc4Cl)o3)CC2)nc2ccc(C(=O)O)cc21. The number of halogens is 2. The van der Waals surface area contributed by atoms with E-state index in [-0.39, 0.29) is 29.7 Å². The quantitative estimate of drug-likeness (QED) is 0.229. The highest BCUT2D eigenvalue weighted by atomic mass is 35.5. The number of aryl methyl sites for hydroxylation is 1. The summed E-state index contributed by atoms with van der Waals surface area (Å²) in [5, 5.41) is 10.4. The number of hydrogen-bond donors (Lipinski definition) is 1. The van der Waals surface area contributed by atoms with E-state index in [1.165, 1.54) is 6.20 Å². The molecule has 0 bridgehead atoms. The molecule has 1 fully saturated rings. The number of amides is 1. The van der Waals surface area contributed by atoms with Crippen LogP contribution in [0.1, 0.15) is 45.2 Å². The van der Waals surface area contributed by atoms with Crippen molar-refractivity contribution in [1.29, 1.82) is 0 Å². The largest absolute Gasteiger partial charge is 0.482 e. The number of ether oxygens (including phenoxy) is 1. The van der Waals surface area contributed by atoms with Crippen molar-refractivity contribution in [3.63, 3.8) is 0 Å². The Kier molecular flexibility index (Phi) is 8.56. The predicted molar refractivity (Wildman–Crippen MR) is 162 cm³/mol. The van der Waals surface area contributed by atoms with E-state index in [1.54, 1.807) is 47.6 Å². The average Bonchev–Trinajstić information content (AvgIpc) is 3.76. The molecule has 2 aromatic carbocycles. The number of aromatic carboxylic acids is 1. The van der Waals surface area contributed by atoms with Crippen LogP contribution in [0, 0.1) is 0 Å². The molecule has 1 aliphatic heterocycles. The Hall–Kier alpha value is -4.39. The third-order valence-electron chi connectivity index (χ3n) is 7.57. The number of carboxylic acid groups (broad SMARTS) is 1. The molecule has 6 rings (SSSR count). The number of aromatic nitrogens is 5. The normalized spacial score (nSPS) is 13.9. The number of piperazine rings is 1. The second kappa shape index (κ2) is 12.7. The van der Waals surface area contributed by atoms with Gasteiger partial charge in [0.2, 0.25) is 11.7 Å². The van der Waals surface area contributed by atoms with Crippen molar-refractivity contribution in [2.45, 2.75) is 33.2 Å². The number of carbonyl (C=O) groups is 2. The molecule has 0 atom stereocenters. The molecule has 12 nitrogen and oxygen atoms in total. The van der Waals surface area contributed by atoms with E-state index < -0.39 is 5.97 Å². The maximum Gasteiger partial charge on any atom is 0.335 e. The summed E-state index contributed by atoms with van der Waals surface area (Å²) in [7, 11) is 0. The molecule has 1 aliphatic rings. The Labute approximate surface area is 262 Å². The summed E-state index contributed by atoms with van der Waals surface area (Å²) in [5.41, 5.74) is 2.68. The lowest BCUT2D eigenvalue weighted by atomic mass is 10.2. The predicted octanol–water partition coefficient (Wildman–Crippen LogP) is 4.83. The van der Waals surface area contributed by atoms with Crippen molar-refractivity contribution in [2.75, 3.05) is 26.2 Å². The van der Waals surface area contributed by atoms with Crippen LogP contribution >= 0.6 is 23.2 Å². The van der Waals surface area contributed by atoms with Crippen LogP contribution in [0.5, 0.6) is 5.75 Å². The van der Waals surface area contributed by atoms with Gasteiger partial charge in [0, 0.05) is 43.9 Å². The van der Waals surface area contributed by atoms with Crippen molar-refractivity contribution in [1.82, 2.24) is 33.9 Å². The van der Waals surface area contributed by atoms with Gasteiger partial charge in [-0.15, -0.1) is 0 Å². The van der Waals surface area contributed by atoms with Crippen molar-refractivity contribution >= 4 is 46.1 Å². The first-order chi connectivity index (χ1) is 21.3. The van der Waals surface area contributed by atoms with Crippen molar-refractivity contribution < 1.29 is 23.8 Å². The Balaban J connectivity index is 1.11. The van der Waals surface area contributed by atoms with E-state index >= 15 is 0 Å². The molecule has 0 spiro atoms. The molecule has 44 heavy (non-hydrogen) atoms. The number of carbonyl (C=O) groups excluding carboxylic acids is 1. The zero-order chi connectivity index (χ0) is 30.8. The summed E-state index contributed by atoms with van der Waals surface area (Å²) in [5.74, 6) is 0.416. The Bertz CT molecular complexity index is 1820. The van der Waals surface area contributed by atoms with Gasteiger partial charge in [0.05, 0.1) is 52.9 Å². The lowest BCUT2D eigenvalue weighted by Crippen LogP contribution is -2.48. The summed E-state index contributed by atoms with van der Waals surface area (Å²) in [6.07, 6.45) is 5.01. The van der Waals surface area contributed by atoms with Gasteiger partial charge in [0.15, 0.2) is 6.61 Å². The lowest BCUT2D eigenvalue weighted by molar-refractivity contribution is 0.0589. The molecule has 228 valence electrons. The maximum atomic E-state index is 13.2. The Morgan fingerprint density at radius 3 is 2.61 bits per heavy atom. The molecule has 14 heteroatoms. The third-order valence-corrected chi connectivity index (χ3v) is 8.10. The molecule has 0 aliphatic carbocycles. The van der Waals surface area contributed by atoms with E-state index in [4.69, 9.17) is 37.3 Å². The van der Waals surface area contributed by atoms with E-state index in [0.717, 1.165) is 29.1 Å². The van der Waals surface area contributed by atoms with Gasteiger partial charge in [-0.1, -0.05) is 23.2 Å². The molecule has 1 N–H and O–H groups in total. The van der Waals surface area contributed by atoms with Crippen LogP contribution in [0.25, 0.3) is 11.0 Å². The van der Waals surface area contributed by atoms with Crippen molar-refractivity contribution in [2.24, 2.45) is 0 Å². The fraction of sp³-hybridized carbons (Fsp3) is 0.300. The molecule has 1 amide bonds. The van der Waals surface area contributed by atoms with Crippen LogP contribution in [-0.2, 0) is 26.2 Å². The number of oxazole rings is 1. The van der Waals surface area contributed by atoms with Gasteiger partial charge in [-0.05, 0) is 43.3 Å². The minimum Gasteiger partial charge on any atom is -0.482 e. The molecule has 1 saturated heterocycles. The summed E-state index contributed by atoms with van der Waals surface area (Å²) in [6.45, 7) is 6.12. The topological polar surface area (TPSA) is 132 Å². The summed E-state index contributed by atoms with van der Waals surface area (Å²) in [6, 6.07) is 9.88. The maximum absolute atomic E-state index is 13.2. The second-order valence-electron chi connectivity index (χ2n) is 10.3. The van der Waals surface area contributed by atoms with Crippen LogP contribution in [0.2, 0.25) is 10.0 Å². The summed E-state index contributed by atoms with van der Waals surface area (Å²) >= 11 is 12.1. The highest BCUT2D eigenvalue weighted by molar-refractivity contribution is 6.35. The molecule has 4 heterocycles. The Morgan fingerprint density at radius 2 is 1.86 bits per heavy atom. The number of nitrogens with zero attached hydrogens (tertiary/aromatic N) is 7. The van der Waals surface area contributed by atoms with Crippen molar-refractivity contribution in [3.8, 4) is 5.75 Å². The van der Waals surface area contributed by atoms with Gasteiger partial charge in [0.1, 0.15) is 11.6 Å². The summed E-state index contributed by atoms with van der Waals surface area (Å²) < 4.78 is 15.4. The number of imidazole rings is 2. The first-order valence-electron chi connectivity index (χ1n) is 14.0. The standard InChI is InChI=1S/C30H29Cl2N7O5/c1-2-37-18-33-13-21(37)15-39-24-11-19(30(41)42)3-5-23(24)35-27(39)16-36-7-9-38(10-8-36)29(40)26-14-34-28(44-26)17-43-25-6-4-20(31)12-22(25)32/h3-6,11-14,18H,2,7-10,15-17H2,1H3,(H,41,42). The number of fused-ring (bicyclic) bond motifs is 1. The lowest BCUT2D eigenvalue weighted by Gasteiger charge is -2.34. The third kappa shape index (κ3) is 6.28. The van der Waals surface area contributed by atoms with Gasteiger partial charge in [-0.3, -0.25) is 9.69 Å². The van der Waals surface area contributed by atoms with Gasteiger partial charge in [-0.2, -0.15) is 0 Å². The zero-order valence-electron chi connectivity index (χ0n) is 23.8. The van der Waals surface area contributed by atoms with Crippen LogP contribution in [0.3, 0.4) is 0 Å².